The first-order valence-corrected chi connectivity index (χ1v) is 7.30. The number of carbonyl (C=O) groups excluding carboxylic acids is 1. The van der Waals surface area contributed by atoms with E-state index in [0.717, 1.165) is 24.6 Å². The molecule has 1 amide bonds. The molecule has 100 valence electrons. The van der Waals surface area contributed by atoms with Crippen LogP contribution in [0.4, 0.5) is 5.13 Å². The molecule has 2 rings (SSSR count). The molecule has 0 aliphatic heterocycles. The van der Waals surface area contributed by atoms with Crippen LogP contribution in [0.3, 0.4) is 0 Å². The highest BCUT2D eigenvalue weighted by Crippen LogP contribution is 2.39. The number of carbonyl (C=O) groups is 1. The van der Waals surface area contributed by atoms with E-state index in [2.05, 4.69) is 34.7 Å². The summed E-state index contributed by atoms with van der Waals surface area (Å²) < 4.78 is 0. The summed E-state index contributed by atoms with van der Waals surface area (Å²) in [6, 6.07) is 0. The molecule has 2 N–H and O–H groups in total. The minimum absolute atomic E-state index is 0.106. The molecule has 6 heteroatoms. The SMILES string of the molecule is CCCNc1nnc(C(=O)NCC2(C)CCC2)s1. The van der Waals surface area contributed by atoms with Gasteiger partial charge in [0.25, 0.3) is 5.91 Å². The molecule has 1 fully saturated rings. The second-order valence-corrected chi connectivity index (χ2v) is 6.16. The standard InChI is InChI=1S/C12H20N4OS/c1-3-7-13-11-16-15-10(18-11)9(17)14-8-12(2)5-4-6-12/h3-8H2,1-2H3,(H,13,16)(H,14,17). The zero-order chi connectivity index (χ0) is 13.0. The van der Waals surface area contributed by atoms with Gasteiger partial charge in [-0.25, -0.2) is 0 Å². The van der Waals surface area contributed by atoms with Gasteiger partial charge in [0.15, 0.2) is 0 Å². The van der Waals surface area contributed by atoms with E-state index >= 15 is 0 Å². The molecule has 0 atom stereocenters. The Kier molecular flexibility index (Phi) is 4.16. The first-order chi connectivity index (χ1) is 8.63. The maximum absolute atomic E-state index is 11.9. The number of amides is 1. The van der Waals surface area contributed by atoms with E-state index in [9.17, 15) is 4.79 Å². The van der Waals surface area contributed by atoms with Crippen LogP contribution in [-0.4, -0.2) is 29.2 Å². The molecule has 0 saturated heterocycles. The van der Waals surface area contributed by atoms with Crippen molar-refractivity contribution in [1.29, 1.82) is 0 Å². The van der Waals surface area contributed by atoms with Gasteiger partial charge in [-0.1, -0.05) is 31.6 Å². The molecule has 1 heterocycles. The molecular weight excluding hydrogens is 248 g/mol. The number of nitrogens with one attached hydrogen (secondary N) is 2. The van der Waals surface area contributed by atoms with Crippen molar-refractivity contribution in [2.45, 2.75) is 39.5 Å². The van der Waals surface area contributed by atoms with E-state index in [0.29, 0.717) is 10.4 Å². The molecule has 0 bridgehead atoms. The maximum Gasteiger partial charge on any atom is 0.282 e. The van der Waals surface area contributed by atoms with Crippen LogP contribution in [0.25, 0.3) is 0 Å². The van der Waals surface area contributed by atoms with Gasteiger partial charge in [0.05, 0.1) is 0 Å². The van der Waals surface area contributed by atoms with Crippen LogP contribution in [0.5, 0.6) is 0 Å². The van der Waals surface area contributed by atoms with Gasteiger partial charge in [0.1, 0.15) is 0 Å². The molecule has 1 aromatic heterocycles. The lowest BCUT2D eigenvalue weighted by molar-refractivity contribution is 0.0889. The molecule has 1 saturated carbocycles. The highest BCUT2D eigenvalue weighted by atomic mass is 32.1. The largest absolute Gasteiger partial charge is 0.360 e. The quantitative estimate of drug-likeness (QED) is 0.830. The third-order valence-corrected chi connectivity index (χ3v) is 4.26. The molecule has 0 unspecified atom stereocenters. The molecule has 0 aromatic carbocycles. The van der Waals surface area contributed by atoms with Gasteiger partial charge < -0.3 is 10.6 Å². The highest BCUT2D eigenvalue weighted by Gasteiger charge is 2.32. The van der Waals surface area contributed by atoms with Crippen molar-refractivity contribution in [1.82, 2.24) is 15.5 Å². The zero-order valence-corrected chi connectivity index (χ0v) is 11.8. The van der Waals surface area contributed by atoms with Crippen LogP contribution in [0, 0.1) is 5.41 Å². The second kappa shape index (κ2) is 5.65. The van der Waals surface area contributed by atoms with E-state index in [1.54, 1.807) is 0 Å². The number of hydrogen-bond acceptors (Lipinski definition) is 5. The van der Waals surface area contributed by atoms with Gasteiger partial charge >= 0.3 is 0 Å². The lowest BCUT2D eigenvalue weighted by Gasteiger charge is -2.38. The molecule has 1 aliphatic rings. The lowest BCUT2D eigenvalue weighted by atomic mass is 9.70. The number of hydrogen-bond donors (Lipinski definition) is 2. The minimum Gasteiger partial charge on any atom is -0.360 e. The molecule has 0 spiro atoms. The monoisotopic (exact) mass is 268 g/mol. The number of aromatic nitrogens is 2. The summed E-state index contributed by atoms with van der Waals surface area (Å²) in [5, 5.41) is 15.1. The summed E-state index contributed by atoms with van der Waals surface area (Å²) >= 11 is 1.31. The van der Waals surface area contributed by atoms with Crippen LogP contribution >= 0.6 is 11.3 Å². The van der Waals surface area contributed by atoms with Gasteiger partial charge in [0, 0.05) is 13.1 Å². The Hall–Kier alpha value is -1.17. The summed E-state index contributed by atoms with van der Waals surface area (Å²) in [6.07, 6.45) is 4.70. The molecule has 0 radical (unpaired) electrons. The van der Waals surface area contributed by atoms with Crippen molar-refractivity contribution < 1.29 is 4.79 Å². The van der Waals surface area contributed by atoms with Gasteiger partial charge in [-0.3, -0.25) is 4.79 Å². The number of anilines is 1. The first kappa shape index (κ1) is 13.3. The summed E-state index contributed by atoms with van der Waals surface area (Å²) in [5.41, 5.74) is 0.295. The van der Waals surface area contributed by atoms with Gasteiger partial charge in [-0.15, -0.1) is 10.2 Å². The van der Waals surface area contributed by atoms with Crippen LogP contribution in [0.2, 0.25) is 0 Å². The molecule has 1 aliphatic carbocycles. The number of nitrogens with zero attached hydrogens (tertiary/aromatic N) is 2. The third-order valence-electron chi connectivity index (χ3n) is 3.38. The van der Waals surface area contributed by atoms with Crippen LogP contribution in [0.15, 0.2) is 0 Å². The summed E-state index contributed by atoms with van der Waals surface area (Å²) in [7, 11) is 0. The molecule has 18 heavy (non-hydrogen) atoms. The summed E-state index contributed by atoms with van der Waals surface area (Å²) in [4.78, 5) is 11.9. The Morgan fingerprint density at radius 1 is 1.44 bits per heavy atom. The molecule has 5 nitrogen and oxygen atoms in total. The first-order valence-electron chi connectivity index (χ1n) is 6.48. The fraction of sp³-hybridized carbons (Fsp3) is 0.750. The fourth-order valence-corrected chi connectivity index (χ4v) is 2.63. The van der Waals surface area contributed by atoms with Crippen molar-refractivity contribution in [3.05, 3.63) is 5.01 Å². The smallest absolute Gasteiger partial charge is 0.282 e. The van der Waals surface area contributed by atoms with Crippen molar-refractivity contribution in [2.75, 3.05) is 18.4 Å². The Morgan fingerprint density at radius 3 is 2.83 bits per heavy atom. The predicted octanol–water partition coefficient (Wildman–Crippen LogP) is 2.28. The zero-order valence-electron chi connectivity index (χ0n) is 11.0. The van der Waals surface area contributed by atoms with E-state index in [1.807, 2.05) is 0 Å². The van der Waals surface area contributed by atoms with E-state index in [4.69, 9.17) is 0 Å². The number of rotatable bonds is 6. The van der Waals surface area contributed by atoms with Gasteiger partial charge in [-0.05, 0) is 24.7 Å². The summed E-state index contributed by atoms with van der Waals surface area (Å²) in [5.74, 6) is -0.106. The van der Waals surface area contributed by atoms with E-state index in [-0.39, 0.29) is 5.91 Å². The van der Waals surface area contributed by atoms with Crippen LogP contribution in [0.1, 0.15) is 49.3 Å². The van der Waals surface area contributed by atoms with Crippen molar-refractivity contribution in [3.8, 4) is 0 Å². The van der Waals surface area contributed by atoms with E-state index in [1.165, 1.54) is 30.6 Å². The van der Waals surface area contributed by atoms with Crippen molar-refractivity contribution >= 4 is 22.4 Å². The van der Waals surface area contributed by atoms with Crippen molar-refractivity contribution in [2.24, 2.45) is 5.41 Å². The van der Waals surface area contributed by atoms with Gasteiger partial charge in [-0.2, -0.15) is 0 Å². The molecule has 1 aromatic rings. The molecular formula is C12H20N4OS. The fourth-order valence-electron chi connectivity index (χ4n) is 1.94. The predicted molar refractivity (Wildman–Crippen MR) is 73.0 cm³/mol. The van der Waals surface area contributed by atoms with Gasteiger partial charge in [0.2, 0.25) is 10.1 Å². The average molecular weight is 268 g/mol. The third kappa shape index (κ3) is 3.19. The van der Waals surface area contributed by atoms with Crippen LogP contribution < -0.4 is 10.6 Å². The van der Waals surface area contributed by atoms with E-state index < -0.39 is 0 Å². The van der Waals surface area contributed by atoms with Crippen LogP contribution in [-0.2, 0) is 0 Å². The topological polar surface area (TPSA) is 66.9 Å². The Morgan fingerprint density at radius 2 is 2.22 bits per heavy atom. The normalized spacial score (nSPS) is 17.0. The maximum atomic E-state index is 11.9. The highest BCUT2D eigenvalue weighted by molar-refractivity contribution is 7.17. The second-order valence-electron chi connectivity index (χ2n) is 5.19. The Bertz CT molecular complexity index is 414. The summed E-state index contributed by atoms with van der Waals surface area (Å²) in [6.45, 7) is 5.89. The Balaban J connectivity index is 1.82. The Labute approximate surface area is 111 Å². The average Bonchev–Trinajstić information content (AvgIpc) is 2.79. The lowest BCUT2D eigenvalue weighted by Crippen LogP contribution is -2.39. The van der Waals surface area contributed by atoms with Crippen molar-refractivity contribution in [3.63, 3.8) is 0 Å². The minimum atomic E-state index is -0.106.